The van der Waals surface area contributed by atoms with E-state index in [0.29, 0.717) is 71.9 Å². The number of rotatable bonds is 17. The van der Waals surface area contributed by atoms with Crippen LogP contribution in [0.1, 0.15) is 102 Å². The molecule has 18 nitrogen and oxygen atoms in total. The molecule has 14 rings (SSSR count). The first-order valence-electron chi connectivity index (χ1n) is 34.2. The van der Waals surface area contributed by atoms with Crippen LogP contribution in [0.15, 0.2) is 146 Å². The Bertz CT molecular complexity index is 3320. The summed E-state index contributed by atoms with van der Waals surface area (Å²) >= 11 is 0. The minimum atomic E-state index is -0.0265. The summed E-state index contributed by atoms with van der Waals surface area (Å²) in [6, 6.07) is 48.8. The third kappa shape index (κ3) is 19.3. The molecule has 0 aromatic heterocycles. The molecule has 506 valence electrons. The summed E-state index contributed by atoms with van der Waals surface area (Å²) in [5.74, 6) is 2.64. The van der Waals surface area contributed by atoms with E-state index in [9.17, 15) is 0 Å². The lowest BCUT2D eigenvalue weighted by Crippen LogP contribution is -2.26. The number of hydrogen-bond donors (Lipinski definition) is 8. The third-order valence-electron chi connectivity index (χ3n) is 17.9. The SMILES string of the molecule is CB1OC(CN)c2cccc(OCCCO)c21.CB1OC(CN)c2ccccc21.CB1OCc2ccc(N)cc21.CB1OCc2cccc(OCCCO)c21.CB1O[C@@H](CN)c2ccccc21.CB1O[C@H](CN)c2ccccc21.CC[C@H]1OB(C)c2c(OCCCO)cccc21. The summed E-state index contributed by atoms with van der Waals surface area (Å²) in [6.45, 7) is 23.2. The molecule has 0 fully saturated rings. The highest BCUT2D eigenvalue weighted by Crippen LogP contribution is 2.32. The maximum atomic E-state index is 8.77. The van der Waals surface area contributed by atoms with Gasteiger partial charge < -0.3 is 90.8 Å². The molecule has 0 radical (unpaired) electrons. The number of aliphatic hydroxyl groups is 3. The van der Waals surface area contributed by atoms with E-state index in [1.54, 1.807) is 0 Å². The van der Waals surface area contributed by atoms with Crippen LogP contribution in [0.4, 0.5) is 5.69 Å². The minimum absolute atomic E-state index is 0.0175. The molecule has 7 aromatic rings. The molecule has 0 bridgehead atoms. The molecule has 0 spiro atoms. The summed E-state index contributed by atoms with van der Waals surface area (Å²) < 4.78 is 56.6. The lowest BCUT2D eigenvalue weighted by molar-refractivity contribution is 0.221. The highest BCUT2D eigenvalue weighted by atomic mass is 16.5. The predicted molar refractivity (Wildman–Crippen MR) is 395 cm³/mol. The van der Waals surface area contributed by atoms with Crippen molar-refractivity contribution in [1.82, 2.24) is 0 Å². The molecule has 0 aliphatic carbocycles. The molecule has 7 aliphatic heterocycles. The highest BCUT2D eigenvalue weighted by molar-refractivity contribution is 6.70. The number of fused-ring (bicyclic) bond motifs is 7. The first-order valence-corrected chi connectivity index (χ1v) is 34.2. The van der Waals surface area contributed by atoms with Crippen LogP contribution in [-0.2, 0) is 45.8 Å². The van der Waals surface area contributed by atoms with Crippen LogP contribution >= 0.6 is 0 Å². The maximum Gasteiger partial charge on any atom is 0.328 e. The number of nitrogen functional groups attached to an aromatic ring is 1. The van der Waals surface area contributed by atoms with Crippen molar-refractivity contribution in [2.24, 2.45) is 22.9 Å². The molecule has 0 saturated heterocycles. The summed E-state index contributed by atoms with van der Waals surface area (Å²) in [5, 5.41) is 26.2. The van der Waals surface area contributed by atoms with Crippen LogP contribution in [0.2, 0.25) is 47.8 Å². The molecule has 7 heterocycles. The zero-order chi connectivity index (χ0) is 68.7. The van der Waals surface area contributed by atoms with Gasteiger partial charge in [-0.1, -0.05) is 170 Å². The summed E-state index contributed by atoms with van der Waals surface area (Å²) in [7, 11) is 0. The average molecular weight is 1310 g/mol. The Labute approximate surface area is 572 Å². The lowest BCUT2D eigenvalue weighted by atomic mass is 9.63. The van der Waals surface area contributed by atoms with Crippen molar-refractivity contribution in [2.75, 3.05) is 71.6 Å². The molecule has 13 N–H and O–H groups in total. The smallest absolute Gasteiger partial charge is 0.328 e. The van der Waals surface area contributed by atoms with E-state index in [4.69, 9.17) is 90.8 Å². The van der Waals surface area contributed by atoms with Gasteiger partial charge in [0.2, 0.25) is 0 Å². The van der Waals surface area contributed by atoms with E-state index in [2.05, 4.69) is 82.7 Å². The second-order valence-corrected chi connectivity index (χ2v) is 24.6. The highest BCUT2D eigenvalue weighted by Gasteiger charge is 2.36. The molecule has 7 aliphatic rings. The number of hydrogen-bond acceptors (Lipinski definition) is 18. The molecule has 0 amide bonds. The van der Waals surface area contributed by atoms with Crippen LogP contribution in [-0.4, -0.2) is 130 Å². The van der Waals surface area contributed by atoms with Crippen LogP contribution in [0.25, 0.3) is 0 Å². The Kier molecular flexibility index (Phi) is 29.9. The van der Waals surface area contributed by atoms with E-state index in [-0.39, 0.29) is 98.7 Å². The summed E-state index contributed by atoms with van der Waals surface area (Å²) in [6.07, 6.45) is 3.44. The van der Waals surface area contributed by atoms with Gasteiger partial charge in [-0.2, -0.15) is 0 Å². The van der Waals surface area contributed by atoms with E-state index >= 15 is 0 Å². The van der Waals surface area contributed by atoms with Crippen molar-refractivity contribution in [1.29, 1.82) is 0 Å². The minimum Gasteiger partial charge on any atom is -0.494 e. The van der Waals surface area contributed by atoms with E-state index in [0.717, 1.165) is 52.5 Å². The Balaban J connectivity index is 0.000000144. The number of ether oxygens (including phenoxy) is 3. The van der Waals surface area contributed by atoms with Crippen molar-refractivity contribution in [3.63, 3.8) is 0 Å². The molecule has 96 heavy (non-hydrogen) atoms. The first kappa shape index (κ1) is 75.4. The quantitative estimate of drug-likeness (QED) is 0.0333. The average Bonchev–Trinajstić information content (AvgIpc) is 1.65. The Morgan fingerprint density at radius 2 is 0.729 bits per heavy atom. The van der Waals surface area contributed by atoms with Crippen molar-refractivity contribution >= 4 is 92.3 Å². The summed E-state index contributed by atoms with van der Waals surface area (Å²) in [4.78, 5) is 0. The van der Waals surface area contributed by atoms with Crippen molar-refractivity contribution in [2.45, 2.75) is 124 Å². The first-order chi connectivity index (χ1) is 46.6. The fourth-order valence-electron chi connectivity index (χ4n) is 13.1. The maximum absolute atomic E-state index is 8.77. The number of nitrogens with two attached hydrogens (primary N) is 5. The van der Waals surface area contributed by atoms with Gasteiger partial charge in [0.25, 0.3) is 0 Å². The van der Waals surface area contributed by atoms with Crippen LogP contribution in [0, 0.1) is 0 Å². The van der Waals surface area contributed by atoms with Gasteiger partial charge in [-0.3, -0.25) is 0 Å². The zero-order valence-corrected chi connectivity index (χ0v) is 57.4. The molecule has 5 atom stereocenters. The van der Waals surface area contributed by atoms with Gasteiger partial charge in [0.15, 0.2) is 0 Å². The molecule has 7 aromatic carbocycles. The fourth-order valence-corrected chi connectivity index (χ4v) is 13.1. The molecular weight excluding hydrogens is 1210 g/mol. The van der Waals surface area contributed by atoms with Gasteiger partial charge in [0.05, 0.1) is 63.6 Å². The van der Waals surface area contributed by atoms with E-state index in [1.165, 1.54) is 60.7 Å². The largest absolute Gasteiger partial charge is 0.494 e. The van der Waals surface area contributed by atoms with Crippen molar-refractivity contribution < 1.29 is 62.1 Å². The molecule has 0 saturated carbocycles. The van der Waals surface area contributed by atoms with Gasteiger partial charge in [-0.15, -0.1) is 0 Å². The number of anilines is 1. The van der Waals surface area contributed by atoms with Crippen LogP contribution < -0.4 is 81.1 Å². The van der Waals surface area contributed by atoms with Crippen LogP contribution in [0.5, 0.6) is 17.2 Å². The second-order valence-electron chi connectivity index (χ2n) is 24.6. The molecular formula is C71H98B7N5O13. The second kappa shape index (κ2) is 38.1. The van der Waals surface area contributed by atoms with Crippen molar-refractivity contribution in [3.8, 4) is 17.2 Å². The normalized spacial score (nSPS) is 18.4. The third-order valence-corrected chi connectivity index (χ3v) is 17.9. The Hall–Kier alpha value is -6.37. The monoisotopic (exact) mass is 1310 g/mol. The summed E-state index contributed by atoms with van der Waals surface area (Å²) in [5.41, 5.74) is 46.1. The van der Waals surface area contributed by atoms with Gasteiger partial charge in [-0.05, 0) is 114 Å². The number of aliphatic hydroxyl groups excluding tert-OH is 3. The van der Waals surface area contributed by atoms with Gasteiger partial charge in [0, 0.05) is 70.9 Å². The topological polar surface area (TPSA) is 283 Å². The molecule has 2 unspecified atom stereocenters. The fraction of sp³-hybridized carbons (Fsp3) is 0.408. The standard InChI is InChI=1S/C13H19BO3.C12H18BNO3.C11H15BO3.3C9H12BNO.C8H10BNO/c1-3-11-10-6-4-7-12(16-9-5-8-15)13(10)14(2)17-11;1-13-12-9(11(8-14)17-13)4-2-5-10(12)16-7-3-6-15;1-12-11-9(8-15-12)4-2-5-10(11)14-7-3-6-13;3*1-10-8-5-3-2-4-7(8)9(6-11)12-10;1-9-8-4-7(10)3-2-6(8)5-11-9/h4,6-7,11,15H,3,5,8-9H2,1-2H3;2,4-5,11,15H,3,6-8,14H2,1H3;2,4-5,13H,3,6-8H2,1H3;3*2-5,9H,6,11H2,1H3;2-4H,5,10H2,1H3/t11-;;;2*9-;;/m1..10../s1. The predicted octanol–water partition coefficient (Wildman–Crippen LogP) is 5.13. The Morgan fingerprint density at radius 3 is 1.16 bits per heavy atom. The van der Waals surface area contributed by atoms with Gasteiger partial charge in [-0.25, -0.2) is 0 Å². The van der Waals surface area contributed by atoms with E-state index < -0.39 is 0 Å². The van der Waals surface area contributed by atoms with Crippen LogP contribution in [0.3, 0.4) is 0 Å². The lowest BCUT2D eigenvalue weighted by Gasteiger charge is -2.11. The van der Waals surface area contributed by atoms with Gasteiger partial charge in [0.1, 0.15) is 17.2 Å². The number of benzene rings is 7. The van der Waals surface area contributed by atoms with Gasteiger partial charge >= 0.3 is 48.4 Å². The van der Waals surface area contributed by atoms with Crippen molar-refractivity contribution in [3.05, 3.63) is 185 Å². The Morgan fingerprint density at radius 1 is 0.375 bits per heavy atom. The zero-order valence-electron chi connectivity index (χ0n) is 57.4. The molecule has 25 heteroatoms. The van der Waals surface area contributed by atoms with E-state index in [1.807, 2.05) is 118 Å².